The van der Waals surface area contributed by atoms with E-state index in [9.17, 15) is 18.7 Å². The molecule has 0 spiro atoms. The average molecular weight is 488 g/mol. The zero-order chi connectivity index (χ0) is 19.6. The zero-order valence-corrected chi connectivity index (χ0v) is 16.5. The van der Waals surface area contributed by atoms with Crippen molar-refractivity contribution in [2.45, 2.75) is 43.9 Å². The van der Waals surface area contributed by atoms with Crippen molar-refractivity contribution in [1.82, 2.24) is 4.98 Å². The van der Waals surface area contributed by atoms with Gasteiger partial charge in [-0.1, -0.05) is 6.07 Å². The number of rotatable bonds is 4. The van der Waals surface area contributed by atoms with E-state index in [0.717, 1.165) is 9.77 Å². The van der Waals surface area contributed by atoms with Gasteiger partial charge in [0.2, 0.25) is 0 Å². The first-order valence-corrected chi connectivity index (χ1v) is 9.65. The van der Waals surface area contributed by atoms with Crippen LogP contribution >= 0.6 is 22.6 Å². The van der Waals surface area contributed by atoms with Crippen LogP contribution in [0, 0.1) is 15.2 Å². The Labute approximate surface area is 169 Å². The van der Waals surface area contributed by atoms with Crippen molar-refractivity contribution in [3.8, 4) is 0 Å². The number of esters is 1. The second-order valence-corrected chi connectivity index (χ2v) is 7.84. The summed E-state index contributed by atoms with van der Waals surface area (Å²) in [6, 6.07) is 4.18. The van der Waals surface area contributed by atoms with Crippen molar-refractivity contribution in [3.05, 3.63) is 62.5 Å². The number of ether oxygens (including phenoxy) is 1. The molecular formula is C19H19F2IN2O3. The number of halogens is 3. The molecule has 1 saturated carbocycles. The van der Waals surface area contributed by atoms with Gasteiger partial charge in [0.05, 0.1) is 6.20 Å². The summed E-state index contributed by atoms with van der Waals surface area (Å²) in [7, 11) is 0. The summed E-state index contributed by atoms with van der Waals surface area (Å²) in [6.07, 6.45) is 2.22. The Morgan fingerprint density at radius 2 is 2.04 bits per heavy atom. The number of aromatic nitrogens is 1. The van der Waals surface area contributed by atoms with Crippen molar-refractivity contribution >= 4 is 28.6 Å². The summed E-state index contributed by atoms with van der Waals surface area (Å²) in [5, 5.41) is 10.1. The lowest BCUT2D eigenvalue weighted by Gasteiger charge is -2.32. The number of pyridine rings is 1. The monoisotopic (exact) mass is 488 g/mol. The van der Waals surface area contributed by atoms with Crippen LogP contribution in [-0.4, -0.2) is 34.3 Å². The predicted molar refractivity (Wildman–Crippen MR) is 103 cm³/mol. The number of aliphatic hydroxyl groups is 1. The van der Waals surface area contributed by atoms with Crippen LogP contribution in [0.15, 0.2) is 30.6 Å². The quantitative estimate of drug-likeness (QED) is 0.511. The fourth-order valence-electron chi connectivity index (χ4n) is 3.21. The zero-order valence-electron chi connectivity index (χ0n) is 14.4. The number of benzene rings is 1. The van der Waals surface area contributed by atoms with E-state index >= 15 is 0 Å². The molecule has 27 heavy (non-hydrogen) atoms. The summed E-state index contributed by atoms with van der Waals surface area (Å²) < 4.78 is 34.6. The molecule has 1 aromatic carbocycles. The van der Waals surface area contributed by atoms with Crippen LogP contribution in [-0.2, 0) is 11.2 Å². The summed E-state index contributed by atoms with van der Waals surface area (Å²) in [6.45, 7) is 0. The van der Waals surface area contributed by atoms with Crippen LogP contribution in [0.4, 0.5) is 8.78 Å². The third kappa shape index (κ3) is 4.61. The lowest BCUT2D eigenvalue weighted by molar-refractivity contribution is -0.0441. The normalized spacial score (nSPS) is 22.5. The van der Waals surface area contributed by atoms with E-state index in [2.05, 4.69) is 4.98 Å². The average Bonchev–Trinajstić information content (AvgIpc) is 2.61. The summed E-state index contributed by atoms with van der Waals surface area (Å²) in [4.78, 5) is 16.4. The Kier molecular flexibility index (Phi) is 6.38. The minimum atomic E-state index is -0.996. The first kappa shape index (κ1) is 20.1. The Morgan fingerprint density at radius 1 is 1.26 bits per heavy atom. The highest BCUT2D eigenvalue weighted by molar-refractivity contribution is 14.1. The van der Waals surface area contributed by atoms with Gasteiger partial charge >= 0.3 is 5.97 Å². The minimum Gasteiger partial charge on any atom is -0.456 e. The van der Waals surface area contributed by atoms with Gasteiger partial charge in [-0.05, 0) is 65.1 Å². The maximum Gasteiger partial charge on any atom is 0.341 e. The molecule has 0 unspecified atom stereocenters. The predicted octanol–water partition coefficient (Wildman–Crippen LogP) is 2.95. The number of hydrogen-bond donors (Lipinski definition) is 2. The molecule has 3 rings (SSSR count). The lowest BCUT2D eigenvalue weighted by Crippen LogP contribution is -2.48. The molecule has 2 aromatic rings. The molecule has 1 aliphatic carbocycles. The molecule has 5 nitrogen and oxygen atoms in total. The van der Waals surface area contributed by atoms with E-state index in [4.69, 9.17) is 10.5 Å². The van der Waals surface area contributed by atoms with Gasteiger partial charge < -0.3 is 15.6 Å². The molecule has 0 aliphatic heterocycles. The van der Waals surface area contributed by atoms with Gasteiger partial charge in [-0.3, -0.25) is 4.98 Å². The van der Waals surface area contributed by atoms with Crippen molar-refractivity contribution in [3.63, 3.8) is 0 Å². The van der Waals surface area contributed by atoms with Crippen LogP contribution < -0.4 is 5.73 Å². The molecule has 0 amide bonds. The molecule has 3 N–H and O–H groups in total. The molecule has 3 atom stereocenters. The molecular weight excluding hydrogens is 469 g/mol. The molecule has 8 heteroatoms. The maximum absolute atomic E-state index is 14.4. The van der Waals surface area contributed by atoms with Crippen molar-refractivity contribution in [1.29, 1.82) is 0 Å². The number of nitrogens with two attached hydrogens (primary N) is 1. The molecule has 1 aromatic heterocycles. The van der Waals surface area contributed by atoms with E-state index < -0.39 is 35.9 Å². The SMILES string of the molecule is N[C@@H]1CCC[C@@H](OC(=O)c2c(F)cncc2Cc2ccc(I)cc2F)[C@H]1O. The van der Waals surface area contributed by atoms with E-state index in [1.54, 1.807) is 12.1 Å². The van der Waals surface area contributed by atoms with E-state index in [1.807, 2.05) is 22.6 Å². The third-order valence-corrected chi connectivity index (χ3v) is 5.35. The van der Waals surface area contributed by atoms with E-state index in [1.165, 1.54) is 12.3 Å². The highest BCUT2D eigenvalue weighted by Gasteiger charge is 2.33. The van der Waals surface area contributed by atoms with Gasteiger partial charge in [-0.15, -0.1) is 0 Å². The number of carbonyl (C=O) groups excluding carboxylic acids is 1. The number of hydrogen-bond acceptors (Lipinski definition) is 5. The second kappa shape index (κ2) is 8.57. The Bertz CT molecular complexity index is 850. The molecule has 0 bridgehead atoms. The summed E-state index contributed by atoms with van der Waals surface area (Å²) in [5.74, 6) is -2.20. The second-order valence-electron chi connectivity index (χ2n) is 6.60. The fourth-order valence-corrected chi connectivity index (χ4v) is 3.66. The topological polar surface area (TPSA) is 85.4 Å². The Morgan fingerprint density at radius 3 is 2.78 bits per heavy atom. The van der Waals surface area contributed by atoms with Crippen molar-refractivity contribution < 1.29 is 23.4 Å². The number of aliphatic hydroxyl groups excluding tert-OH is 1. The van der Waals surface area contributed by atoms with Gasteiger partial charge in [-0.2, -0.15) is 0 Å². The van der Waals surface area contributed by atoms with Crippen molar-refractivity contribution in [2.75, 3.05) is 0 Å². The molecule has 1 fully saturated rings. The molecule has 0 saturated heterocycles. The smallest absolute Gasteiger partial charge is 0.341 e. The first-order valence-electron chi connectivity index (χ1n) is 8.57. The van der Waals surface area contributed by atoms with Gasteiger partial charge in [0.15, 0.2) is 5.82 Å². The van der Waals surface area contributed by atoms with Gasteiger partial charge in [-0.25, -0.2) is 13.6 Å². The highest BCUT2D eigenvalue weighted by atomic mass is 127. The lowest BCUT2D eigenvalue weighted by atomic mass is 9.90. The fraction of sp³-hybridized carbons (Fsp3) is 0.368. The first-order chi connectivity index (χ1) is 12.9. The summed E-state index contributed by atoms with van der Waals surface area (Å²) in [5.41, 5.74) is 6.04. The molecule has 144 valence electrons. The third-order valence-electron chi connectivity index (χ3n) is 4.68. The van der Waals surface area contributed by atoms with Crippen LogP contribution in [0.5, 0.6) is 0 Å². The molecule has 1 aliphatic rings. The van der Waals surface area contributed by atoms with Crippen LogP contribution in [0.3, 0.4) is 0 Å². The standard InChI is InChI=1S/C19H19F2IN2O3/c20-13-7-12(22)5-4-10(13)6-11-8-24-9-14(21)17(11)19(26)27-16-3-1-2-15(23)18(16)25/h4-5,7-9,15-16,18,25H,1-3,6,23H2/t15-,16-,18+/m1/s1. The van der Waals surface area contributed by atoms with Gasteiger partial charge in [0.25, 0.3) is 0 Å². The van der Waals surface area contributed by atoms with Gasteiger partial charge in [0, 0.05) is 22.2 Å². The largest absolute Gasteiger partial charge is 0.456 e. The maximum atomic E-state index is 14.4. The minimum absolute atomic E-state index is 0.00925. The molecule has 0 radical (unpaired) electrons. The summed E-state index contributed by atoms with van der Waals surface area (Å²) >= 11 is 1.99. The Hall–Kier alpha value is -1.65. The molecule has 1 heterocycles. The van der Waals surface area contributed by atoms with Gasteiger partial charge in [0.1, 0.15) is 23.6 Å². The Balaban J connectivity index is 1.85. The van der Waals surface area contributed by atoms with Crippen LogP contribution in [0.2, 0.25) is 0 Å². The van der Waals surface area contributed by atoms with Crippen molar-refractivity contribution in [2.24, 2.45) is 5.73 Å². The number of carbonyl (C=O) groups is 1. The number of nitrogens with zero attached hydrogens (tertiary/aromatic N) is 1. The highest BCUT2D eigenvalue weighted by Crippen LogP contribution is 2.25. The van der Waals surface area contributed by atoms with Crippen LogP contribution in [0.25, 0.3) is 0 Å². The van der Waals surface area contributed by atoms with Crippen LogP contribution in [0.1, 0.15) is 40.7 Å². The van der Waals surface area contributed by atoms with E-state index in [0.29, 0.717) is 24.8 Å². The van der Waals surface area contributed by atoms with E-state index in [-0.39, 0.29) is 17.5 Å².